The molecule has 0 bridgehead atoms. The molecule has 2 aliphatic carbocycles. The van der Waals surface area contributed by atoms with E-state index in [1.54, 1.807) is 25.7 Å². The summed E-state index contributed by atoms with van der Waals surface area (Å²) in [5.74, 6) is -2.03. The van der Waals surface area contributed by atoms with Crippen molar-refractivity contribution in [2.75, 3.05) is 13.2 Å². The summed E-state index contributed by atoms with van der Waals surface area (Å²) >= 11 is 0. The van der Waals surface area contributed by atoms with Gasteiger partial charge in [0.05, 0.1) is 12.0 Å². The Morgan fingerprint density at radius 1 is 1.25 bits per heavy atom. The summed E-state index contributed by atoms with van der Waals surface area (Å²) in [6, 6.07) is -0.402. The van der Waals surface area contributed by atoms with Crippen molar-refractivity contribution in [1.82, 2.24) is 4.90 Å². The first-order chi connectivity index (χ1) is 13.1. The highest BCUT2D eigenvalue weighted by molar-refractivity contribution is 5.74. The monoisotopic (exact) mass is 393 g/mol. The smallest absolute Gasteiger partial charge is 0.410 e. The number of carbonyl (C=O) groups excluding carboxylic acids is 2. The van der Waals surface area contributed by atoms with E-state index in [2.05, 4.69) is 6.08 Å². The molecule has 1 saturated carbocycles. The molecule has 28 heavy (non-hydrogen) atoms. The predicted molar refractivity (Wildman–Crippen MR) is 102 cm³/mol. The van der Waals surface area contributed by atoms with E-state index in [-0.39, 0.29) is 24.4 Å². The number of likely N-dealkylation sites (tertiary alicyclic amines) is 1. The van der Waals surface area contributed by atoms with E-state index in [9.17, 15) is 19.5 Å². The summed E-state index contributed by atoms with van der Waals surface area (Å²) in [5, 5.41) is 9.99. The third-order valence-electron chi connectivity index (χ3n) is 6.13. The fourth-order valence-corrected chi connectivity index (χ4v) is 5.08. The molecule has 0 radical (unpaired) electrons. The molecule has 1 heterocycles. The topological polar surface area (TPSA) is 93.1 Å². The van der Waals surface area contributed by atoms with Gasteiger partial charge < -0.3 is 19.5 Å². The second kappa shape index (κ2) is 7.76. The number of fused-ring (bicyclic) bond motifs is 2. The lowest BCUT2D eigenvalue weighted by atomic mass is 9.63. The van der Waals surface area contributed by atoms with Crippen molar-refractivity contribution < 1.29 is 29.0 Å². The van der Waals surface area contributed by atoms with Gasteiger partial charge in [-0.05, 0) is 51.9 Å². The van der Waals surface area contributed by atoms with Crippen molar-refractivity contribution in [3.8, 4) is 0 Å². The van der Waals surface area contributed by atoms with Crippen molar-refractivity contribution in [3.63, 3.8) is 0 Å². The number of amides is 1. The SMILES string of the molecule is CC(=O)OC[C@@H]1[C@@H]2C=C3CCCC[C@@H]3[C@@H](C(=O)O)[C@H]2CN1C(=O)OC(C)(C)C. The van der Waals surface area contributed by atoms with Crippen LogP contribution in [-0.2, 0) is 19.1 Å². The summed E-state index contributed by atoms with van der Waals surface area (Å²) in [4.78, 5) is 38.0. The maximum absolute atomic E-state index is 12.8. The normalized spacial score (nSPS) is 32.1. The average molecular weight is 393 g/mol. The molecule has 1 saturated heterocycles. The Kier molecular flexibility index (Phi) is 5.73. The number of carbonyl (C=O) groups is 3. The van der Waals surface area contributed by atoms with Crippen LogP contribution in [0.3, 0.4) is 0 Å². The lowest BCUT2D eigenvalue weighted by Crippen LogP contribution is -2.44. The molecule has 0 unspecified atom stereocenters. The standard InChI is InChI=1S/C21H31NO6/c1-12(23)27-11-17-15-9-13-7-5-6-8-14(13)18(19(24)25)16(15)10-22(17)20(26)28-21(2,3)4/h9,14-18H,5-8,10-11H2,1-4H3,(H,24,25)/t14-,15+,16-,17+,18+/m0/s1. The fourth-order valence-electron chi connectivity index (χ4n) is 5.08. The predicted octanol–water partition coefficient (Wildman–Crippen LogP) is 3.23. The molecule has 1 N–H and O–H groups in total. The van der Waals surface area contributed by atoms with Gasteiger partial charge in [-0.25, -0.2) is 4.79 Å². The fraction of sp³-hybridized carbons (Fsp3) is 0.762. The Morgan fingerprint density at radius 3 is 2.57 bits per heavy atom. The second-order valence-electron chi connectivity index (χ2n) is 9.20. The maximum Gasteiger partial charge on any atom is 0.410 e. The number of esters is 1. The van der Waals surface area contributed by atoms with E-state index in [4.69, 9.17) is 9.47 Å². The third kappa shape index (κ3) is 4.18. The number of carboxylic acid groups (broad SMARTS) is 1. The Labute approximate surface area is 166 Å². The van der Waals surface area contributed by atoms with Gasteiger partial charge in [-0.3, -0.25) is 9.59 Å². The van der Waals surface area contributed by atoms with Crippen LogP contribution >= 0.6 is 0 Å². The van der Waals surface area contributed by atoms with Crippen LogP contribution < -0.4 is 0 Å². The number of nitrogens with zero attached hydrogens (tertiary/aromatic N) is 1. The van der Waals surface area contributed by atoms with Gasteiger partial charge in [0.15, 0.2) is 0 Å². The summed E-state index contributed by atoms with van der Waals surface area (Å²) in [7, 11) is 0. The molecule has 5 atom stereocenters. The molecule has 3 aliphatic rings. The van der Waals surface area contributed by atoms with Crippen molar-refractivity contribution in [3.05, 3.63) is 11.6 Å². The lowest BCUT2D eigenvalue weighted by Gasteiger charge is -2.40. The molecule has 0 spiro atoms. The van der Waals surface area contributed by atoms with Crippen molar-refractivity contribution >= 4 is 18.0 Å². The maximum atomic E-state index is 12.8. The quantitative estimate of drug-likeness (QED) is 0.584. The number of allylic oxidation sites excluding steroid dienone is 1. The molecule has 7 heteroatoms. The third-order valence-corrected chi connectivity index (χ3v) is 6.13. The van der Waals surface area contributed by atoms with Crippen molar-refractivity contribution in [1.29, 1.82) is 0 Å². The number of hydrogen-bond donors (Lipinski definition) is 1. The summed E-state index contributed by atoms with van der Waals surface area (Å²) in [6.07, 6.45) is 5.58. The number of rotatable bonds is 3. The molecule has 1 amide bonds. The molecular formula is C21H31NO6. The van der Waals surface area contributed by atoms with Gasteiger partial charge in [0, 0.05) is 19.4 Å². The highest BCUT2D eigenvalue weighted by atomic mass is 16.6. The first kappa shape index (κ1) is 20.7. The molecular weight excluding hydrogens is 362 g/mol. The largest absolute Gasteiger partial charge is 0.481 e. The number of carboxylic acids is 1. The van der Waals surface area contributed by atoms with Gasteiger partial charge >= 0.3 is 18.0 Å². The van der Waals surface area contributed by atoms with Crippen LogP contribution in [-0.4, -0.2) is 52.8 Å². The van der Waals surface area contributed by atoms with Gasteiger partial charge in [-0.1, -0.05) is 18.1 Å². The Hall–Kier alpha value is -2.05. The highest BCUT2D eigenvalue weighted by Gasteiger charge is 2.54. The Balaban J connectivity index is 1.93. The summed E-state index contributed by atoms with van der Waals surface area (Å²) in [5.41, 5.74) is 0.536. The van der Waals surface area contributed by atoms with Crippen LogP contribution in [0.1, 0.15) is 53.4 Å². The summed E-state index contributed by atoms with van der Waals surface area (Å²) in [6.45, 7) is 7.09. The van der Waals surface area contributed by atoms with E-state index < -0.39 is 35.6 Å². The van der Waals surface area contributed by atoms with E-state index in [1.165, 1.54) is 12.5 Å². The molecule has 0 aromatic rings. The van der Waals surface area contributed by atoms with Gasteiger partial charge in [0.2, 0.25) is 0 Å². The average Bonchev–Trinajstić information content (AvgIpc) is 2.94. The Bertz CT molecular complexity index is 679. The minimum absolute atomic E-state index is 0.0421. The molecule has 2 fully saturated rings. The summed E-state index contributed by atoms with van der Waals surface area (Å²) < 4.78 is 10.8. The van der Waals surface area contributed by atoms with E-state index in [0.29, 0.717) is 6.54 Å². The van der Waals surface area contributed by atoms with Crippen LogP contribution in [0.2, 0.25) is 0 Å². The van der Waals surface area contributed by atoms with Crippen molar-refractivity contribution in [2.45, 2.75) is 65.0 Å². The van der Waals surface area contributed by atoms with Crippen LogP contribution in [0.25, 0.3) is 0 Å². The van der Waals surface area contributed by atoms with E-state index in [0.717, 1.165) is 25.7 Å². The van der Waals surface area contributed by atoms with Gasteiger partial charge in [-0.2, -0.15) is 0 Å². The number of ether oxygens (including phenoxy) is 2. The van der Waals surface area contributed by atoms with E-state index >= 15 is 0 Å². The van der Waals surface area contributed by atoms with Crippen LogP contribution in [0.5, 0.6) is 0 Å². The minimum atomic E-state index is -0.801. The molecule has 1 aliphatic heterocycles. The first-order valence-corrected chi connectivity index (χ1v) is 10.1. The molecule has 0 aromatic carbocycles. The van der Waals surface area contributed by atoms with Crippen LogP contribution in [0, 0.1) is 23.7 Å². The molecule has 3 rings (SSSR count). The second-order valence-corrected chi connectivity index (χ2v) is 9.20. The number of hydrogen-bond acceptors (Lipinski definition) is 5. The first-order valence-electron chi connectivity index (χ1n) is 10.1. The molecule has 156 valence electrons. The van der Waals surface area contributed by atoms with Crippen LogP contribution in [0.4, 0.5) is 4.79 Å². The van der Waals surface area contributed by atoms with E-state index in [1.807, 2.05) is 0 Å². The molecule has 0 aromatic heterocycles. The molecule has 7 nitrogen and oxygen atoms in total. The minimum Gasteiger partial charge on any atom is -0.481 e. The Morgan fingerprint density at radius 2 is 1.96 bits per heavy atom. The number of aliphatic carboxylic acids is 1. The van der Waals surface area contributed by atoms with Gasteiger partial charge in [0.1, 0.15) is 12.2 Å². The zero-order valence-corrected chi connectivity index (χ0v) is 17.1. The van der Waals surface area contributed by atoms with Gasteiger partial charge in [0.25, 0.3) is 0 Å². The zero-order chi connectivity index (χ0) is 20.6. The van der Waals surface area contributed by atoms with Gasteiger partial charge in [-0.15, -0.1) is 0 Å². The van der Waals surface area contributed by atoms with Crippen LogP contribution in [0.15, 0.2) is 11.6 Å². The van der Waals surface area contributed by atoms with Crippen molar-refractivity contribution in [2.24, 2.45) is 23.7 Å². The lowest BCUT2D eigenvalue weighted by molar-refractivity contribution is -0.147. The zero-order valence-electron chi connectivity index (χ0n) is 17.1. The highest BCUT2D eigenvalue weighted by Crippen LogP contribution is 2.50.